The van der Waals surface area contributed by atoms with Crippen LogP contribution in [0.1, 0.15) is 39.0 Å². The summed E-state index contributed by atoms with van der Waals surface area (Å²) in [6.45, 7) is 8.15. The lowest BCUT2D eigenvalue weighted by molar-refractivity contribution is 0.0428. The molecule has 0 aromatic carbocycles. The van der Waals surface area contributed by atoms with E-state index in [1.807, 2.05) is 0 Å². The van der Waals surface area contributed by atoms with Crippen molar-refractivity contribution in [3.8, 4) is 0 Å². The topological polar surface area (TPSA) is 32.5 Å². The Morgan fingerprint density at radius 3 is 2.44 bits per heavy atom. The van der Waals surface area contributed by atoms with Crippen LogP contribution in [-0.2, 0) is 0 Å². The number of hydrogen-bond acceptors (Lipinski definition) is 3. The normalized spacial score (nSPS) is 35.8. The molecule has 1 aliphatic carbocycles. The summed E-state index contributed by atoms with van der Waals surface area (Å²) in [5, 5.41) is 0. The third-order valence-electron chi connectivity index (χ3n) is 5.07. The Bertz CT molecular complexity index is 236. The lowest BCUT2D eigenvalue weighted by atomic mass is 9.76. The fraction of sp³-hybridized carbons (Fsp3) is 1.00. The SMILES string of the molecule is CCCC1CCC(CN)C(N2CCN(C)CC2)C1. The van der Waals surface area contributed by atoms with Crippen molar-refractivity contribution in [2.45, 2.75) is 45.1 Å². The first kappa shape index (κ1) is 14.3. The summed E-state index contributed by atoms with van der Waals surface area (Å²) in [6, 6.07) is 0.772. The largest absolute Gasteiger partial charge is 0.330 e. The van der Waals surface area contributed by atoms with Crippen LogP contribution in [0.25, 0.3) is 0 Å². The van der Waals surface area contributed by atoms with Gasteiger partial charge in [0.1, 0.15) is 0 Å². The quantitative estimate of drug-likeness (QED) is 0.829. The summed E-state index contributed by atoms with van der Waals surface area (Å²) < 4.78 is 0. The molecular formula is C15H31N3. The molecular weight excluding hydrogens is 222 g/mol. The molecule has 0 amide bonds. The van der Waals surface area contributed by atoms with E-state index in [1.165, 1.54) is 58.3 Å². The van der Waals surface area contributed by atoms with Crippen molar-refractivity contribution in [1.29, 1.82) is 0 Å². The van der Waals surface area contributed by atoms with Gasteiger partial charge in [-0.25, -0.2) is 0 Å². The highest BCUT2D eigenvalue weighted by atomic mass is 15.3. The van der Waals surface area contributed by atoms with Gasteiger partial charge < -0.3 is 10.6 Å². The standard InChI is InChI=1S/C15H31N3/c1-3-4-13-5-6-14(12-16)15(11-13)18-9-7-17(2)8-10-18/h13-15H,3-12,16H2,1-2H3. The monoisotopic (exact) mass is 253 g/mol. The molecule has 0 radical (unpaired) electrons. The third kappa shape index (κ3) is 3.46. The highest BCUT2D eigenvalue weighted by Crippen LogP contribution is 2.34. The van der Waals surface area contributed by atoms with Crippen molar-refractivity contribution in [2.75, 3.05) is 39.8 Å². The van der Waals surface area contributed by atoms with Gasteiger partial charge in [0.25, 0.3) is 0 Å². The molecule has 0 spiro atoms. The number of hydrogen-bond donors (Lipinski definition) is 1. The van der Waals surface area contributed by atoms with Crippen LogP contribution in [0.5, 0.6) is 0 Å². The molecule has 0 bridgehead atoms. The zero-order valence-electron chi connectivity index (χ0n) is 12.3. The predicted octanol–water partition coefficient (Wildman–Crippen LogP) is 1.78. The van der Waals surface area contributed by atoms with Crippen LogP contribution >= 0.6 is 0 Å². The minimum absolute atomic E-state index is 0.751. The molecule has 2 rings (SSSR count). The number of piperazine rings is 1. The van der Waals surface area contributed by atoms with Crippen LogP contribution in [0.15, 0.2) is 0 Å². The molecule has 3 nitrogen and oxygen atoms in total. The summed E-state index contributed by atoms with van der Waals surface area (Å²) in [7, 11) is 2.23. The first-order valence-corrected chi connectivity index (χ1v) is 7.87. The van der Waals surface area contributed by atoms with Crippen LogP contribution in [0.2, 0.25) is 0 Å². The van der Waals surface area contributed by atoms with Crippen molar-refractivity contribution in [3.05, 3.63) is 0 Å². The fourth-order valence-corrected chi connectivity index (χ4v) is 3.84. The van der Waals surface area contributed by atoms with Crippen LogP contribution in [-0.4, -0.2) is 55.6 Å². The zero-order chi connectivity index (χ0) is 13.0. The molecule has 1 saturated carbocycles. The highest BCUT2D eigenvalue weighted by molar-refractivity contribution is 4.89. The molecule has 106 valence electrons. The second kappa shape index (κ2) is 6.88. The van der Waals surface area contributed by atoms with E-state index < -0.39 is 0 Å². The second-order valence-corrected chi connectivity index (χ2v) is 6.37. The Morgan fingerprint density at radius 1 is 1.11 bits per heavy atom. The maximum Gasteiger partial charge on any atom is 0.0139 e. The second-order valence-electron chi connectivity index (χ2n) is 6.37. The molecule has 18 heavy (non-hydrogen) atoms. The highest BCUT2D eigenvalue weighted by Gasteiger charge is 2.34. The van der Waals surface area contributed by atoms with E-state index in [4.69, 9.17) is 5.73 Å². The summed E-state index contributed by atoms with van der Waals surface area (Å²) in [6.07, 6.45) is 6.94. The van der Waals surface area contributed by atoms with Gasteiger partial charge in [0.05, 0.1) is 0 Å². The molecule has 1 aliphatic heterocycles. The fourth-order valence-electron chi connectivity index (χ4n) is 3.84. The minimum Gasteiger partial charge on any atom is -0.330 e. The molecule has 2 N–H and O–H groups in total. The Balaban J connectivity index is 1.93. The Kier molecular flexibility index (Phi) is 5.46. The Labute approximate surface area is 113 Å². The van der Waals surface area contributed by atoms with Gasteiger partial charge in [0.15, 0.2) is 0 Å². The molecule has 2 fully saturated rings. The Hall–Kier alpha value is -0.120. The molecule has 2 aliphatic rings. The van der Waals surface area contributed by atoms with Crippen LogP contribution in [0, 0.1) is 11.8 Å². The zero-order valence-corrected chi connectivity index (χ0v) is 12.3. The summed E-state index contributed by atoms with van der Waals surface area (Å²) in [4.78, 5) is 5.18. The van der Waals surface area contributed by atoms with Crippen LogP contribution in [0.4, 0.5) is 0 Å². The molecule has 3 heteroatoms. The molecule has 0 aromatic rings. The first-order valence-electron chi connectivity index (χ1n) is 7.87. The van der Waals surface area contributed by atoms with Gasteiger partial charge in [-0.3, -0.25) is 4.90 Å². The van der Waals surface area contributed by atoms with Crippen LogP contribution < -0.4 is 5.73 Å². The summed E-state index contributed by atoms with van der Waals surface area (Å²) in [5.74, 6) is 1.71. The smallest absolute Gasteiger partial charge is 0.0139 e. The van der Waals surface area contributed by atoms with E-state index in [9.17, 15) is 0 Å². The third-order valence-corrected chi connectivity index (χ3v) is 5.07. The summed E-state index contributed by atoms with van der Waals surface area (Å²) in [5.41, 5.74) is 6.01. The van der Waals surface area contributed by atoms with Crippen LogP contribution in [0.3, 0.4) is 0 Å². The van der Waals surface area contributed by atoms with E-state index in [2.05, 4.69) is 23.8 Å². The van der Waals surface area contributed by atoms with E-state index in [0.717, 1.165) is 24.4 Å². The van der Waals surface area contributed by atoms with Crippen molar-refractivity contribution in [1.82, 2.24) is 9.80 Å². The van der Waals surface area contributed by atoms with E-state index in [1.54, 1.807) is 0 Å². The van der Waals surface area contributed by atoms with E-state index in [0.29, 0.717) is 0 Å². The molecule has 0 aromatic heterocycles. The Morgan fingerprint density at radius 2 is 1.83 bits per heavy atom. The molecule has 1 saturated heterocycles. The number of nitrogens with zero attached hydrogens (tertiary/aromatic N) is 2. The minimum atomic E-state index is 0.751. The van der Waals surface area contributed by atoms with Gasteiger partial charge in [0.2, 0.25) is 0 Å². The van der Waals surface area contributed by atoms with Crippen molar-refractivity contribution in [2.24, 2.45) is 17.6 Å². The van der Waals surface area contributed by atoms with Crippen molar-refractivity contribution < 1.29 is 0 Å². The van der Waals surface area contributed by atoms with Gasteiger partial charge in [-0.2, -0.15) is 0 Å². The number of nitrogens with two attached hydrogens (primary N) is 1. The van der Waals surface area contributed by atoms with Gasteiger partial charge in [-0.05, 0) is 38.3 Å². The lowest BCUT2D eigenvalue weighted by Gasteiger charge is -2.45. The number of likely N-dealkylation sites (N-methyl/N-ethyl adjacent to an activating group) is 1. The lowest BCUT2D eigenvalue weighted by Crippen LogP contribution is -2.54. The average molecular weight is 253 g/mol. The van der Waals surface area contributed by atoms with Gasteiger partial charge in [-0.1, -0.05) is 26.2 Å². The molecule has 3 atom stereocenters. The summed E-state index contributed by atoms with van der Waals surface area (Å²) >= 11 is 0. The molecule has 1 heterocycles. The predicted molar refractivity (Wildman–Crippen MR) is 77.7 cm³/mol. The van der Waals surface area contributed by atoms with E-state index >= 15 is 0 Å². The molecule has 3 unspecified atom stereocenters. The number of rotatable bonds is 4. The van der Waals surface area contributed by atoms with Gasteiger partial charge in [-0.15, -0.1) is 0 Å². The van der Waals surface area contributed by atoms with Gasteiger partial charge >= 0.3 is 0 Å². The van der Waals surface area contributed by atoms with Crippen molar-refractivity contribution >= 4 is 0 Å². The van der Waals surface area contributed by atoms with E-state index in [-0.39, 0.29) is 0 Å². The van der Waals surface area contributed by atoms with Gasteiger partial charge in [0, 0.05) is 32.2 Å². The maximum absolute atomic E-state index is 6.01. The van der Waals surface area contributed by atoms with Crippen molar-refractivity contribution in [3.63, 3.8) is 0 Å². The average Bonchev–Trinajstić information content (AvgIpc) is 2.40. The first-order chi connectivity index (χ1) is 8.74. The maximum atomic E-state index is 6.01.